The fourth-order valence-electron chi connectivity index (χ4n) is 1.99. The monoisotopic (exact) mass is 294 g/mol. The van der Waals surface area contributed by atoms with Crippen molar-refractivity contribution in [2.75, 3.05) is 0 Å². The summed E-state index contributed by atoms with van der Waals surface area (Å²) in [7, 11) is 0. The van der Waals surface area contributed by atoms with Crippen LogP contribution in [0.1, 0.15) is 23.7 Å². The van der Waals surface area contributed by atoms with E-state index in [0.29, 0.717) is 17.7 Å². The largest absolute Gasteiger partial charge is 0.423 e. The van der Waals surface area contributed by atoms with E-state index in [2.05, 4.69) is 15.5 Å². The van der Waals surface area contributed by atoms with Gasteiger partial charge in [0.05, 0.1) is 5.69 Å². The molecular formula is C16H14N4O2. The molecule has 0 spiro atoms. The molecule has 0 aliphatic heterocycles. The summed E-state index contributed by atoms with van der Waals surface area (Å²) in [6.07, 6.45) is 0.479. The van der Waals surface area contributed by atoms with Crippen LogP contribution in [0.4, 0.5) is 0 Å². The Bertz CT molecular complexity index is 766. The van der Waals surface area contributed by atoms with Crippen molar-refractivity contribution in [2.24, 2.45) is 0 Å². The van der Waals surface area contributed by atoms with Gasteiger partial charge < -0.3 is 4.74 Å². The van der Waals surface area contributed by atoms with Crippen LogP contribution in [0, 0.1) is 0 Å². The van der Waals surface area contributed by atoms with Crippen LogP contribution < -0.4 is 4.74 Å². The van der Waals surface area contributed by atoms with Crippen LogP contribution in [-0.2, 0) is 0 Å². The Kier molecular flexibility index (Phi) is 3.91. The molecule has 0 fully saturated rings. The molecule has 0 saturated carbocycles. The fraction of sp³-hybridized carbons (Fsp3) is 0.125. The summed E-state index contributed by atoms with van der Waals surface area (Å²) in [4.78, 5) is 11.6. The van der Waals surface area contributed by atoms with Gasteiger partial charge in [-0.15, -0.1) is 0 Å². The molecule has 0 N–H and O–H groups in total. The molecule has 6 heteroatoms. The molecule has 0 amide bonds. The van der Waals surface area contributed by atoms with E-state index in [1.807, 2.05) is 37.3 Å². The standard InChI is InChI=1S/C16H14N4O2/c1-2-15(21)12-8-10-14(11-9-12)22-16-17-18-19-20(16)13-6-4-3-5-7-13/h3-11H,2H2,1H3. The molecule has 6 nitrogen and oxygen atoms in total. The van der Waals surface area contributed by atoms with Crippen LogP contribution in [0.5, 0.6) is 11.8 Å². The molecule has 2 aromatic carbocycles. The predicted octanol–water partition coefficient (Wildman–Crippen LogP) is 3.05. The van der Waals surface area contributed by atoms with Crippen LogP contribution >= 0.6 is 0 Å². The number of carbonyl (C=O) groups excluding carboxylic acids is 1. The second kappa shape index (κ2) is 6.17. The van der Waals surface area contributed by atoms with E-state index in [0.717, 1.165) is 5.69 Å². The van der Waals surface area contributed by atoms with E-state index in [-0.39, 0.29) is 11.8 Å². The topological polar surface area (TPSA) is 69.9 Å². The Labute approximate surface area is 127 Å². The van der Waals surface area contributed by atoms with E-state index in [1.165, 1.54) is 4.68 Å². The maximum absolute atomic E-state index is 11.6. The molecular weight excluding hydrogens is 280 g/mol. The predicted molar refractivity (Wildman–Crippen MR) is 80.3 cm³/mol. The minimum absolute atomic E-state index is 0.0978. The third-order valence-electron chi connectivity index (χ3n) is 3.15. The maximum atomic E-state index is 11.6. The van der Waals surface area contributed by atoms with Crippen LogP contribution in [0.3, 0.4) is 0 Å². The van der Waals surface area contributed by atoms with E-state index in [1.54, 1.807) is 24.3 Å². The van der Waals surface area contributed by atoms with Gasteiger partial charge in [-0.1, -0.05) is 30.2 Å². The van der Waals surface area contributed by atoms with Gasteiger partial charge in [0, 0.05) is 12.0 Å². The van der Waals surface area contributed by atoms with Gasteiger partial charge in [0.25, 0.3) is 0 Å². The Morgan fingerprint density at radius 3 is 2.50 bits per heavy atom. The van der Waals surface area contributed by atoms with Crippen molar-refractivity contribution >= 4 is 5.78 Å². The highest BCUT2D eigenvalue weighted by Gasteiger charge is 2.11. The van der Waals surface area contributed by atoms with Crippen LogP contribution in [0.15, 0.2) is 54.6 Å². The smallest absolute Gasteiger partial charge is 0.345 e. The fourth-order valence-corrected chi connectivity index (χ4v) is 1.99. The quantitative estimate of drug-likeness (QED) is 0.676. The number of hydrogen-bond donors (Lipinski definition) is 0. The number of para-hydroxylation sites is 1. The van der Waals surface area contributed by atoms with Crippen molar-refractivity contribution < 1.29 is 9.53 Å². The average Bonchev–Trinajstić information content (AvgIpc) is 3.04. The average molecular weight is 294 g/mol. The van der Waals surface area contributed by atoms with Crippen LogP contribution in [0.25, 0.3) is 5.69 Å². The van der Waals surface area contributed by atoms with Gasteiger partial charge in [-0.05, 0) is 46.8 Å². The Morgan fingerprint density at radius 1 is 1.09 bits per heavy atom. The number of aromatic nitrogens is 4. The van der Waals surface area contributed by atoms with Gasteiger partial charge in [-0.3, -0.25) is 4.79 Å². The van der Waals surface area contributed by atoms with Gasteiger partial charge in [0.15, 0.2) is 5.78 Å². The van der Waals surface area contributed by atoms with Gasteiger partial charge in [0.2, 0.25) is 0 Å². The molecule has 0 unspecified atom stereocenters. The molecule has 0 atom stereocenters. The van der Waals surface area contributed by atoms with Crippen molar-refractivity contribution in [3.8, 4) is 17.4 Å². The van der Waals surface area contributed by atoms with Crippen molar-refractivity contribution in [3.05, 3.63) is 60.2 Å². The number of tetrazole rings is 1. The molecule has 22 heavy (non-hydrogen) atoms. The lowest BCUT2D eigenvalue weighted by atomic mass is 10.1. The highest BCUT2D eigenvalue weighted by Crippen LogP contribution is 2.21. The van der Waals surface area contributed by atoms with Crippen molar-refractivity contribution in [1.29, 1.82) is 0 Å². The molecule has 0 bridgehead atoms. The third kappa shape index (κ3) is 2.85. The number of nitrogens with zero attached hydrogens (tertiary/aromatic N) is 4. The molecule has 3 aromatic rings. The Hall–Kier alpha value is -3.02. The summed E-state index contributed by atoms with van der Waals surface area (Å²) in [6, 6.07) is 16.7. The van der Waals surface area contributed by atoms with Crippen molar-refractivity contribution in [2.45, 2.75) is 13.3 Å². The molecule has 0 aliphatic carbocycles. The lowest BCUT2D eigenvalue weighted by molar-refractivity contribution is 0.0988. The maximum Gasteiger partial charge on any atom is 0.345 e. The number of benzene rings is 2. The van der Waals surface area contributed by atoms with Gasteiger partial charge >= 0.3 is 6.01 Å². The number of rotatable bonds is 5. The zero-order valence-corrected chi connectivity index (χ0v) is 12.0. The molecule has 0 aliphatic rings. The first kappa shape index (κ1) is 13.9. The van der Waals surface area contributed by atoms with Gasteiger partial charge in [-0.2, -0.15) is 4.68 Å². The summed E-state index contributed by atoms with van der Waals surface area (Å²) >= 11 is 0. The first-order chi connectivity index (χ1) is 10.8. The number of hydrogen-bond acceptors (Lipinski definition) is 5. The first-order valence-electron chi connectivity index (χ1n) is 6.93. The highest BCUT2D eigenvalue weighted by molar-refractivity contribution is 5.95. The molecule has 1 heterocycles. The van der Waals surface area contributed by atoms with Gasteiger partial charge in [-0.25, -0.2) is 0 Å². The number of ether oxygens (including phenoxy) is 1. The van der Waals surface area contributed by atoms with Crippen molar-refractivity contribution in [1.82, 2.24) is 20.2 Å². The highest BCUT2D eigenvalue weighted by atomic mass is 16.5. The number of carbonyl (C=O) groups is 1. The Balaban J connectivity index is 1.83. The second-order valence-electron chi connectivity index (χ2n) is 4.61. The zero-order valence-electron chi connectivity index (χ0n) is 12.0. The molecule has 3 rings (SSSR count). The zero-order chi connectivity index (χ0) is 15.4. The van der Waals surface area contributed by atoms with Crippen LogP contribution in [-0.4, -0.2) is 26.0 Å². The van der Waals surface area contributed by atoms with E-state index in [4.69, 9.17) is 4.74 Å². The Morgan fingerprint density at radius 2 is 1.82 bits per heavy atom. The first-order valence-corrected chi connectivity index (χ1v) is 6.93. The summed E-state index contributed by atoms with van der Waals surface area (Å²) in [5.41, 5.74) is 1.47. The van der Waals surface area contributed by atoms with Crippen molar-refractivity contribution in [3.63, 3.8) is 0 Å². The lowest BCUT2D eigenvalue weighted by Gasteiger charge is -2.06. The molecule has 0 saturated heterocycles. The summed E-state index contributed by atoms with van der Waals surface area (Å²) in [5, 5.41) is 11.4. The number of ketones is 1. The van der Waals surface area contributed by atoms with Gasteiger partial charge in [0.1, 0.15) is 5.75 Å². The van der Waals surface area contributed by atoms with E-state index < -0.39 is 0 Å². The SMILES string of the molecule is CCC(=O)c1ccc(Oc2nnnn2-c2ccccc2)cc1. The summed E-state index contributed by atoms with van der Waals surface area (Å²) in [5.74, 6) is 0.667. The third-order valence-corrected chi connectivity index (χ3v) is 3.15. The van der Waals surface area contributed by atoms with E-state index in [9.17, 15) is 4.79 Å². The van der Waals surface area contributed by atoms with Crippen LogP contribution in [0.2, 0.25) is 0 Å². The summed E-state index contributed by atoms with van der Waals surface area (Å²) in [6.45, 7) is 1.83. The minimum atomic E-state index is 0.0978. The number of Topliss-reactive ketones (excluding diaryl/α,β-unsaturated/α-hetero) is 1. The lowest BCUT2D eigenvalue weighted by Crippen LogP contribution is -2.00. The molecule has 110 valence electrons. The molecule has 1 aromatic heterocycles. The normalized spacial score (nSPS) is 10.4. The summed E-state index contributed by atoms with van der Waals surface area (Å²) < 4.78 is 7.19. The molecule has 0 radical (unpaired) electrons. The van der Waals surface area contributed by atoms with E-state index >= 15 is 0 Å². The second-order valence-corrected chi connectivity index (χ2v) is 4.61. The minimum Gasteiger partial charge on any atom is -0.423 e.